The number of thioether (sulfide) groups is 1. The minimum Gasteiger partial charge on any atom is -0.493 e. The summed E-state index contributed by atoms with van der Waals surface area (Å²) in [5.74, 6) is 3.72. The van der Waals surface area contributed by atoms with Crippen LogP contribution in [0.5, 0.6) is 23.0 Å². The van der Waals surface area contributed by atoms with Crippen LogP contribution in [0.4, 0.5) is 4.39 Å². The molecule has 0 aliphatic carbocycles. The molecule has 0 saturated carbocycles. The summed E-state index contributed by atoms with van der Waals surface area (Å²) in [6.45, 7) is 0. The molecule has 8 heteroatoms. The Morgan fingerprint density at radius 1 is 0.763 bits per heavy atom. The lowest BCUT2D eigenvalue weighted by molar-refractivity contribution is 0.354. The van der Waals surface area contributed by atoms with Crippen LogP contribution in [0.3, 0.4) is 0 Å². The molecule has 1 heterocycles. The second kappa shape index (κ2) is 11.8. The van der Waals surface area contributed by atoms with Gasteiger partial charge in [0.15, 0.2) is 16.7 Å². The number of rotatable bonds is 10. The Balaban J connectivity index is 1.46. The van der Waals surface area contributed by atoms with Crippen molar-refractivity contribution in [3.8, 4) is 28.7 Å². The van der Waals surface area contributed by atoms with Crippen molar-refractivity contribution in [3.63, 3.8) is 0 Å². The van der Waals surface area contributed by atoms with E-state index in [9.17, 15) is 4.39 Å². The molecule has 0 spiro atoms. The van der Waals surface area contributed by atoms with E-state index < -0.39 is 0 Å². The van der Waals surface area contributed by atoms with Gasteiger partial charge in [0.05, 0.1) is 14.2 Å². The summed E-state index contributed by atoms with van der Waals surface area (Å²) in [4.78, 5) is 0. The Morgan fingerprint density at radius 2 is 1.47 bits per heavy atom. The molecule has 6 nitrogen and oxygen atoms in total. The Kier molecular flexibility index (Phi) is 7.89. The van der Waals surface area contributed by atoms with Crippen LogP contribution in [0.2, 0.25) is 0 Å². The molecule has 5 aromatic rings. The van der Waals surface area contributed by atoms with Crippen LogP contribution in [0, 0.1) is 5.82 Å². The van der Waals surface area contributed by atoms with Gasteiger partial charge in [-0.2, -0.15) is 0 Å². The average Bonchev–Trinajstić information content (AvgIpc) is 3.35. The second-order valence-electron chi connectivity index (χ2n) is 8.39. The van der Waals surface area contributed by atoms with Gasteiger partial charge in [0.1, 0.15) is 23.1 Å². The summed E-state index contributed by atoms with van der Waals surface area (Å²) in [5, 5.41) is 9.64. The van der Waals surface area contributed by atoms with Crippen LogP contribution in [0.25, 0.3) is 5.69 Å². The van der Waals surface area contributed by atoms with E-state index >= 15 is 0 Å². The average molecular weight is 528 g/mol. The smallest absolute Gasteiger partial charge is 0.196 e. The second-order valence-corrected chi connectivity index (χ2v) is 9.33. The maximum atomic E-state index is 14.3. The molecule has 0 N–H and O–H groups in total. The number of benzene rings is 4. The van der Waals surface area contributed by atoms with Crippen LogP contribution in [-0.2, 0) is 12.2 Å². The molecule has 0 fully saturated rings. The zero-order chi connectivity index (χ0) is 26.3. The van der Waals surface area contributed by atoms with E-state index in [0.29, 0.717) is 34.4 Å². The first-order valence-corrected chi connectivity index (χ1v) is 13.0. The SMILES string of the molecule is COc1ccc(Cc2nnc(SCc3ccccc3F)n2-c2ccc(Oc3ccccc3)cc2)cc1OC. The number of para-hydroxylation sites is 1. The highest BCUT2D eigenvalue weighted by Crippen LogP contribution is 2.31. The molecule has 0 atom stereocenters. The van der Waals surface area contributed by atoms with Crippen molar-refractivity contribution in [1.82, 2.24) is 14.8 Å². The fourth-order valence-electron chi connectivity index (χ4n) is 3.99. The molecular formula is C30H26FN3O3S. The normalized spacial score (nSPS) is 10.8. The number of aromatic nitrogens is 3. The zero-order valence-electron chi connectivity index (χ0n) is 21.0. The van der Waals surface area contributed by atoms with Crippen molar-refractivity contribution >= 4 is 11.8 Å². The van der Waals surface area contributed by atoms with Gasteiger partial charge in [-0.15, -0.1) is 10.2 Å². The Hall–Kier alpha value is -4.30. The van der Waals surface area contributed by atoms with Crippen LogP contribution in [0.15, 0.2) is 102 Å². The maximum absolute atomic E-state index is 14.3. The molecule has 0 aliphatic rings. The monoisotopic (exact) mass is 527 g/mol. The van der Waals surface area contributed by atoms with E-state index in [2.05, 4.69) is 10.2 Å². The predicted octanol–water partition coefficient (Wildman–Crippen LogP) is 7.10. The lowest BCUT2D eigenvalue weighted by atomic mass is 10.1. The summed E-state index contributed by atoms with van der Waals surface area (Å²) in [7, 11) is 3.22. The number of ether oxygens (including phenoxy) is 3. The molecule has 0 saturated heterocycles. The highest BCUT2D eigenvalue weighted by atomic mass is 32.2. The number of hydrogen-bond acceptors (Lipinski definition) is 6. The van der Waals surface area contributed by atoms with Gasteiger partial charge in [-0.05, 0) is 65.7 Å². The molecule has 0 unspecified atom stereocenters. The number of hydrogen-bond donors (Lipinski definition) is 0. The van der Waals surface area contributed by atoms with Gasteiger partial charge >= 0.3 is 0 Å². The third-order valence-electron chi connectivity index (χ3n) is 5.90. The van der Waals surface area contributed by atoms with E-state index in [-0.39, 0.29) is 5.82 Å². The standard InChI is InChI=1S/C30H26FN3O3S/c1-35-27-17-12-21(18-28(27)36-2)19-29-32-33-30(38-20-22-8-6-7-11-26(22)31)34(29)23-13-15-25(16-14-23)37-24-9-4-3-5-10-24/h3-18H,19-20H2,1-2H3. The summed E-state index contributed by atoms with van der Waals surface area (Å²) >= 11 is 1.43. The molecule has 0 bridgehead atoms. The van der Waals surface area contributed by atoms with E-state index in [4.69, 9.17) is 14.2 Å². The molecule has 0 amide bonds. The van der Waals surface area contributed by atoms with Gasteiger partial charge in [-0.25, -0.2) is 4.39 Å². The quantitative estimate of drug-likeness (QED) is 0.181. The molecule has 4 aromatic carbocycles. The van der Waals surface area contributed by atoms with Crippen molar-refractivity contribution in [2.75, 3.05) is 14.2 Å². The number of methoxy groups -OCH3 is 2. The minimum atomic E-state index is -0.237. The van der Waals surface area contributed by atoms with Crippen molar-refractivity contribution in [2.45, 2.75) is 17.3 Å². The lowest BCUT2D eigenvalue weighted by Gasteiger charge is -2.13. The largest absolute Gasteiger partial charge is 0.493 e. The molecule has 0 aliphatic heterocycles. The zero-order valence-corrected chi connectivity index (χ0v) is 21.8. The van der Waals surface area contributed by atoms with E-state index in [0.717, 1.165) is 28.6 Å². The van der Waals surface area contributed by atoms with Crippen molar-refractivity contribution in [2.24, 2.45) is 0 Å². The van der Waals surface area contributed by atoms with Crippen LogP contribution in [0.1, 0.15) is 17.0 Å². The summed E-state index contributed by atoms with van der Waals surface area (Å²) in [6.07, 6.45) is 0.510. The van der Waals surface area contributed by atoms with Gasteiger partial charge in [-0.3, -0.25) is 4.57 Å². The van der Waals surface area contributed by atoms with Gasteiger partial charge in [0, 0.05) is 17.9 Å². The van der Waals surface area contributed by atoms with Crippen molar-refractivity contribution in [1.29, 1.82) is 0 Å². The van der Waals surface area contributed by atoms with Gasteiger partial charge < -0.3 is 14.2 Å². The van der Waals surface area contributed by atoms with Crippen LogP contribution >= 0.6 is 11.8 Å². The van der Waals surface area contributed by atoms with Crippen molar-refractivity contribution < 1.29 is 18.6 Å². The minimum absolute atomic E-state index is 0.237. The fourth-order valence-corrected chi connectivity index (χ4v) is 4.94. The molecule has 5 rings (SSSR count). The van der Waals surface area contributed by atoms with Crippen molar-refractivity contribution in [3.05, 3.63) is 120 Å². The summed E-state index contributed by atoms with van der Waals surface area (Å²) in [5.41, 5.74) is 2.48. The van der Waals surface area contributed by atoms with E-state index in [1.54, 1.807) is 26.4 Å². The van der Waals surface area contributed by atoms with Gasteiger partial charge in [-0.1, -0.05) is 54.2 Å². The molecule has 38 heavy (non-hydrogen) atoms. The lowest BCUT2D eigenvalue weighted by Crippen LogP contribution is -2.04. The van der Waals surface area contributed by atoms with Gasteiger partial charge in [0.25, 0.3) is 0 Å². The van der Waals surface area contributed by atoms with Crippen LogP contribution in [-0.4, -0.2) is 29.0 Å². The first kappa shape index (κ1) is 25.4. The number of halogens is 1. The fraction of sp³-hybridized carbons (Fsp3) is 0.133. The van der Waals surface area contributed by atoms with Gasteiger partial charge in [0.2, 0.25) is 0 Å². The molecular weight excluding hydrogens is 501 g/mol. The number of nitrogens with zero attached hydrogens (tertiary/aromatic N) is 3. The van der Waals surface area contributed by atoms with Crippen LogP contribution < -0.4 is 14.2 Å². The Morgan fingerprint density at radius 3 is 2.21 bits per heavy atom. The predicted molar refractivity (Wildman–Crippen MR) is 146 cm³/mol. The molecule has 0 radical (unpaired) electrons. The third-order valence-corrected chi connectivity index (χ3v) is 6.88. The first-order valence-electron chi connectivity index (χ1n) is 12.0. The molecule has 192 valence electrons. The topological polar surface area (TPSA) is 58.4 Å². The molecule has 1 aromatic heterocycles. The Labute approximate surface area is 225 Å². The van der Waals surface area contributed by atoms with E-state index in [1.807, 2.05) is 83.4 Å². The summed E-state index contributed by atoms with van der Waals surface area (Å²) < 4.78 is 33.1. The highest BCUT2D eigenvalue weighted by Gasteiger charge is 2.17. The third kappa shape index (κ3) is 5.81. The first-order chi connectivity index (χ1) is 18.6. The Bertz CT molecular complexity index is 1510. The summed E-state index contributed by atoms with van der Waals surface area (Å²) in [6, 6.07) is 29.9. The maximum Gasteiger partial charge on any atom is 0.196 e. The highest BCUT2D eigenvalue weighted by molar-refractivity contribution is 7.98. The van der Waals surface area contributed by atoms with E-state index in [1.165, 1.54) is 17.8 Å².